The predicted octanol–water partition coefficient (Wildman–Crippen LogP) is 0.263. The monoisotopic (exact) mass is 278 g/mol. The van der Waals surface area contributed by atoms with E-state index in [1.807, 2.05) is 11.0 Å². The molecule has 1 aliphatic heterocycles. The number of aliphatic hydroxyl groups excluding tert-OH is 1. The average Bonchev–Trinajstić information content (AvgIpc) is 2.72. The van der Waals surface area contributed by atoms with Crippen molar-refractivity contribution in [3.63, 3.8) is 0 Å². The quantitative estimate of drug-likeness (QED) is 0.827. The maximum atomic E-state index is 12.6. The third kappa shape index (κ3) is 3.46. The minimum absolute atomic E-state index is 0.0216. The molecule has 1 saturated heterocycles. The standard InChI is InChI=1S/C14H22N4O2/c1-15-13-3-4-16-11-12(13)14(20)18-6-2-5-17(7-8-18)9-10-19/h3-4,11,19H,2,5-10H2,1H3,(H,15,16). The van der Waals surface area contributed by atoms with Gasteiger partial charge in [0.25, 0.3) is 5.91 Å². The van der Waals surface area contributed by atoms with Gasteiger partial charge in [-0.05, 0) is 19.0 Å². The number of carbonyl (C=O) groups excluding carboxylic acids is 1. The van der Waals surface area contributed by atoms with Crippen molar-refractivity contribution < 1.29 is 9.90 Å². The molecule has 1 aliphatic rings. The highest BCUT2D eigenvalue weighted by molar-refractivity contribution is 5.99. The lowest BCUT2D eigenvalue weighted by molar-refractivity contribution is 0.0761. The molecule has 0 unspecified atom stereocenters. The second-order valence-electron chi connectivity index (χ2n) is 4.88. The molecule has 0 saturated carbocycles. The van der Waals surface area contributed by atoms with Gasteiger partial charge in [-0.1, -0.05) is 0 Å². The summed E-state index contributed by atoms with van der Waals surface area (Å²) in [7, 11) is 1.80. The van der Waals surface area contributed by atoms with Crippen LogP contribution in [0.3, 0.4) is 0 Å². The average molecular weight is 278 g/mol. The second-order valence-corrected chi connectivity index (χ2v) is 4.88. The van der Waals surface area contributed by atoms with Crippen LogP contribution in [-0.4, -0.2) is 72.2 Å². The summed E-state index contributed by atoms with van der Waals surface area (Å²) in [4.78, 5) is 20.7. The summed E-state index contributed by atoms with van der Waals surface area (Å²) in [6.45, 7) is 4.02. The van der Waals surface area contributed by atoms with Crippen LogP contribution in [-0.2, 0) is 0 Å². The van der Waals surface area contributed by atoms with Gasteiger partial charge in [-0.2, -0.15) is 0 Å². The Morgan fingerprint density at radius 3 is 3.00 bits per heavy atom. The number of aromatic nitrogens is 1. The number of carbonyl (C=O) groups is 1. The van der Waals surface area contributed by atoms with Gasteiger partial charge in [-0.25, -0.2) is 0 Å². The number of rotatable bonds is 4. The number of β-amino-alcohol motifs (C(OH)–C–C–N with tert-alkyl or cyclic N) is 1. The molecule has 1 aromatic heterocycles. The molecule has 2 N–H and O–H groups in total. The molecule has 0 aromatic carbocycles. The fourth-order valence-corrected chi connectivity index (χ4v) is 2.49. The van der Waals surface area contributed by atoms with Crippen molar-refractivity contribution >= 4 is 11.6 Å². The van der Waals surface area contributed by atoms with Gasteiger partial charge in [-0.15, -0.1) is 0 Å². The summed E-state index contributed by atoms with van der Waals surface area (Å²) in [6, 6.07) is 1.81. The zero-order valence-electron chi connectivity index (χ0n) is 11.9. The van der Waals surface area contributed by atoms with Crippen molar-refractivity contribution in [3.05, 3.63) is 24.0 Å². The third-order valence-corrected chi connectivity index (χ3v) is 3.61. The Morgan fingerprint density at radius 1 is 1.40 bits per heavy atom. The summed E-state index contributed by atoms with van der Waals surface area (Å²) in [5, 5.41) is 12.0. The van der Waals surface area contributed by atoms with E-state index in [4.69, 9.17) is 5.11 Å². The minimum Gasteiger partial charge on any atom is -0.395 e. The molecule has 0 atom stereocenters. The Morgan fingerprint density at radius 2 is 2.25 bits per heavy atom. The van der Waals surface area contributed by atoms with E-state index in [0.717, 1.165) is 31.7 Å². The molecule has 0 bridgehead atoms. The van der Waals surface area contributed by atoms with Crippen molar-refractivity contribution in [2.24, 2.45) is 0 Å². The molecular weight excluding hydrogens is 256 g/mol. The van der Waals surface area contributed by atoms with Crippen LogP contribution < -0.4 is 5.32 Å². The molecule has 1 fully saturated rings. The van der Waals surface area contributed by atoms with Gasteiger partial charge in [0, 0.05) is 51.3 Å². The number of nitrogens with zero attached hydrogens (tertiary/aromatic N) is 3. The third-order valence-electron chi connectivity index (χ3n) is 3.61. The van der Waals surface area contributed by atoms with E-state index >= 15 is 0 Å². The maximum absolute atomic E-state index is 12.6. The van der Waals surface area contributed by atoms with Gasteiger partial charge in [0.15, 0.2) is 0 Å². The first kappa shape index (κ1) is 14.7. The second kappa shape index (κ2) is 7.21. The molecular formula is C14H22N4O2. The Bertz CT molecular complexity index is 453. The first-order chi connectivity index (χ1) is 9.76. The zero-order chi connectivity index (χ0) is 14.4. The van der Waals surface area contributed by atoms with Gasteiger partial charge >= 0.3 is 0 Å². The number of hydrogen-bond donors (Lipinski definition) is 2. The number of aliphatic hydroxyl groups is 1. The molecule has 2 heterocycles. The topological polar surface area (TPSA) is 68.7 Å². The van der Waals surface area contributed by atoms with Crippen molar-refractivity contribution in [1.82, 2.24) is 14.8 Å². The highest BCUT2D eigenvalue weighted by atomic mass is 16.3. The van der Waals surface area contributed by atoms with E-state index in [0.29, 0.717) is 18.7 Å². The summed E-state index contributed by atoms with van der Waals surface area (Å²) in [6.07, 6.45) is 4.22. The lowest BCUT2D eigenvalue weighted by atomic mass is 10.2. The van der Waals surface area contributed by atoms with Crippen LogP contribution in [0.15, 0.2) is 18.5 Å². The molecule has 6 nitrogen and oxygen atoms in total. The zero-order valence-corrected chi connectivity index (χ0v) is 11.9. The molecule has 0 radical (unpaired) electrons. The first-order valence-electron chi connectivity index (χ1n) is 7.00. The molecule has 1 aromatic rings. The molecule has 0 aliphatic carbocycles. The van der Waals surface area contributed by atoms with Crippen LogP contribution in [0.25, 0.3) is 0 Å². The van der Waals surface area contributed by atoms with Crippen LogP contribution in [0.4, 0.5) is 5.69 Å². The van der Waals surface area contributed by atoms with Crippen LogP contribution in [0.5, 0.6) is 0 Å². The fourth-order valence-electron chi connectivity index (χ4n) is 2.49. The Kier molecular flexibility index (Phi) is 5.31. The number of pyridine rings is 1. The lowest BCUT2D eigenvalue weighted by Crippen LogP contribution is -2.36. The highest BCUT2D eigenvalue weighted by Crippen LogP contribution is 2.16. The number of anilines is 1. The fraction of sp³-hybridized carbons (Fsp3) is 0.571. The molecule has 1 amide bonds. The smallest absolute Gasteiger partial charge is 0.257 e. The largest absolute Gasteiger partial charge is 0.395 e. The van der Waals surface area contributed by atoms with E-state index < -0.39 is 0 Å². The maximum Gasteiger partial charge on any atom is 0.257 e. The van der Waals surface area contributed by atoms with Crippen LogP contribution in [0.1, 0.15) is 16.8 Å². The van der Waals surface area contributed by atoms with Crippen molar-refractivity contribution in [1.29, 1.82) is 0 Å². The first-order valence-corrected chi connectivity index (χ1v) is 7.00. The summed E-state index contributed by atoms with van der Waals surface area (Å²) >= 11 is 0. The molecule has 20 heavy (non-hydrogen) atoms. The van der Waals surface area contributed by atoms with Crippen molar-refractivity contribution in [2.75, 3.05) is 51.7 Å². The Labute approximate surface area is 119 Å². The Balaban J connectivity index is 2.05. The SMILES string of the molecule is CNc1ccncc1C(=O)N1CCCN(CCO)CC1. The highest BCUT2D eigenvalue weighted by Gasteiger charge is 2.21. The molecule has 6 heteroatoms. The van der Waals surface area contributed by atoms with Gasteiger partial charge in [0.05, 0.1) is 12.2 Å². The Hall–Kier alpha value is -1.66. The van der Waals surface area contributed by atoms with Gasteiger partial charge in [0.2, 0.25) is 0 Å². The van der Waals surface area contributed by atoms with E-state index in [-0.39, 0.29) is 12.5 Å². The van der Waals surface area contributed by atoms with Gasteiger partial charge in [-0.3, -0.25) is 14.7 Å². The van der Waals surface area contributed by atoms with Gasteiger partial charge in [0.1, 0.15) is 0 Å². The summed E-state index contributed by atoms with van der Waals surface area (Å²) in [5.41, 5.74) is 1.42. The van der Waals surface area contributed by atoms with Crippen LogP contribution in [0.2, 0.25) is 0 Å². The van der Waals surface area contributed by atoms with E-state index in [1.165, 1.54) is 0 Å². The van der Waals surface area contributed by atoms with Crippen LogP contribution >= 0.6 is 0 Å². The van der Waals surface area contributed by atoms with Crippen molar-refractivity contribution in [3.8, 4) is 0 Å². The van der Waals surface area contributed by atoms with Crippen molar-refractivity contribution in [2.45, 2.75) is 6.42 Å². The van der Waals surface area contributed by atoms with E-state index in [2.05, 4.69) is 15.2 Å². The number of nitrogens with one attached hydrogen (secondary N) is 1. The normalized spacial score (nSPS) is 16.8. The lowest BCUT2D eigenvalue weighted by Gasteiger charge is -2.22. The predicted molar refractivity (Wildman–Crippen MR) is 77.8 cm³/mol. The molecule has 0 spiro atoms. The molecule has 2 rings (SSSR count). The number of amides is 1. The summed E-state index contributed by atoms with van der Waals surface area (Å²) < 4.78 is 0. The molecule has 110 valence electrons. The van der Waals surface area contributed by atoms with Gasteiger partial charge < -0.3 is 15.3 Å². The van der Waals surface area contributed by atoms with Crippen LogP contribution in [0, 0.1) is 0 Å². The minimum atomic E-state index is 0.0216. The summed E-state index contributed by atoms with van der Waals surface area (Å²) in [5.74, 6) is 0.0216. The van der Waals surface area contributed by atoms with E-state index in [1.54, 1.807) is 19.4 Å². The number of hydrogen-bond acceptors (Lipinski definition) is 5. The van der Waals surface area contributed by atoms with E-state index in [9.17, 15) is 4.79 Å².